The van der Waals surface area contributed by atoms with Crippen LogP contribution in [0, 0.1) is 6.92 Å². The molecule has 4 rings (SSSR count). The van der Waals surface area contributed by atoms with E-state index in [0.29, 0.717) is 17.9 Å². The Morgan fingerprint density at radius 3 is 2.23 bits per heavy atom. The molecule has 1 atom stereocenters. The Balaban J connectivity index is 1.78. The molecule has 1 amide bonds. The van der Waals surface area contributed by atoms with Gasteiger partial charge in [0.1, 0.15) is 11.5 Å². The first-order valence-electron chi connectivity index (χ1n) is 10.1. The second kappa shape index (κ2) is 8.56. The number of hydrogen-bond donors (Lipinski definition) is 1. The van der Waals surface area contributed by atoms with E-state index in [9.17, 15) is 9.90 Å². The molecule has 0 saturated heterocycles. The Morgan fingerprint density at radius 1 is 0.903 bits per heavy atom. The van der Waals surface area contributed by atoms with Crippen LogP contribution in [0.2, 0.25) is 0 Å². The van der Waals surface area contributed by atoms with Crippen molar-refractivity contribution in [1.82, 2.24) is 4.90 Å². The first kappa shape index (κ1) is 20.5. The van der Waals surface area contributed by atoms with E-state index in [1.807, 2.05) is 79.7 Å². The summed E-state index contributed by atoms with van der Waals surface area (Å²) in [5.74, 6) is 0.828. The molecule has 0 fully saturated rings. The lowest BCUT2D eigenvalue weighted by Gasteiger charge is -2.28. The molecule has 0 aliphatic carbocycles. The van der Waals surface area contributed by atoms with Gasteiger partial charge in [0, 0.05) is 12.1 Å². The molecule has 0 saturated carbocycles. The zero-order valence-corrected chi connectivity index (χ0v) is 17.8. The molecule has 1 heterocycles. The van der Waals surface area contributed by atoms with E-state index in [1.54, 1.807) is 19.1 Å². The molecule has 1 aliphatic heterocycles. The largest absolute Gasteiger partial charge is 0.503 e. The van der Waals surface area contributed by atoms with Crippen LogP contribution in [0.15, 0.2) is 78.6 Å². The van der Waals surface area contributed by atoms with Crippen molar-refractivity contribution in [1.29, 1.82) is 0 Å². The molecule has 0 aromatic heterocycles. The summed E-state index contributed by atoms with van der Waals surface area (Å²) < 4.78 is 10.6. The third-order valence-corrected chi connectivity index (χ3v) is 5.58. The third kappa shape index (κ3) is 3.99. The fraction of sp³-hybridized carbons (Fsp3) is 0.192. The number of aliphatic hydroxyl groups excluding tert-OH is 1. The van der Waals surface area contributed by atoms with Crippen LogP contribution in [0.3, 0.4) is 0 Å². The quantitative estimate of drug-likeness (QED) is 0.611. The maximum atomic E-state index is 13.2. The molecule has 31 heavy (non-hydrogen) atoms. The minimum atomic E-state index is -0.410. The van der Waals surface area contributed by atoms with E-state index in [2.05, 4.69) is 0 Å². The molecule has 0 spiro atoms. The topological polar surface area (TPSA) is 59.0 Å². The van der Waals surface area contributed by atoms with Crippen LogP contribution in [0.25, 0.3) is 5.57 Å². The summed E-state index contributed by atoms with van der Waals surface area (Å²) >= 11 is 0. The number of benzene rings is 3. The molecule has 5 heteroatoms. The van der Waals surface area contributed by atoms with Gasteiger partial charge >= 0.3 is 0 Å². The maximum Gasteiger partial charge on any atom is 0.290 e. The van der Waals surface area contributed by atoms with Gasteiger partial charge in [-0.3, -0.25) is 4.79 Å². The summed E-state index contributed by atoms with van der Waals surface area (Å²) in [5, 5.41) is 10.9. The minimum Gasteiger partial charge on any atom is -0.503 e. The Morgan fingerprint density at radius 2 is 1.58 bits per heavy atom. The van der Waals surface area contributed by atoms with Gasteiger partial charge in [0.25, 0.3) is 5.91 Å². The number of methoxy groups -OCH3 is 2. The highest BCUT2D eigenvalue weighted by atomic mass is 16.5. The lowest BCUT2D eigenvalue weighted by atomic mass is 9.93. The molecule has 3 aromatic rings. The second-order valence-corrected chi connectivity index (χ2v) is 7.59. The van der Waals surface area contributed by atoms with Crippen LogP contribution in [0.4, 0.5) is 0 Å². The van der Waals surface area contributed by atoms with Gasteiger partial charge in [0.15, 0.2) is 5.76 Å². The number of rotatable bonds is 6. The summed E-state index contributed by atoms with van der Waals surface area (Å²) in [4.78, 5) is 14.9. The number of carbonyl (C=O) groups excluding carboxylic acids is 1. The Bertz CT molecular complexity index is 1120. The SMILES string of the molecule is COc1ccc(C2=C(O)C(=O)N(Cc3cccc(OC)c3)[C@H]2c2ccc(C)cc2)cc1. The fourth-order valence-corrected chi connectivity index (χ4v) is 3.94. The lowest BCUT2D eigenvalue weighted by molar-refractivity contribution is -0.130. The van der Waals surface area contributed by atoms with Crippen LogP contribution in [0.5, 0.6) is 11.5 Å². The van der Waals surface area contributed by atoms with Crippen molar-refractivity contribution in [2.24, 2.45) is 0 Å². The number of aliphatic hydroxyl groups is 1. The van der Waals surface area contributed by atoms with Gasteiger partial charge in [0.2, 0.25) is 0 Å². The normalized spacial score (nSPS) is 16.0. The average Bonchev–Trinajstić information content (AvgIpc) is 3.05. The van der Waals surface area contributed by atoms with Crippen molar-refractivity contribution in [3.63, 3.8) is 0 Å². The van der Waals surface area contributed by atoms with Gasteiger partial charge in [-0.2, -0.15) is 0 Å². The summed E-state index contributed by atoms with van der Waals surface area (Å²) in [5.41, 5.74) is 4.38. The predicted octanol–water partition coefficient (Wildman–Crippen LogP) is 5.07. The average molecular weight is 415 g/mol. The smallest absolute Gasteiger partial charge is 0.290 e. The van der Waals surface area contributed by atoms with E-state index in [4.69, 9.17) is 9.47 Å². The van der Waals surface area contributed by atoms with Gasteiger partial charge in [-0.05, 0) is 47.9 Å². The summed E-state index contributed by atoms with van der Waals surface area (Å²) in [6.45, 7) is 2.37. The van der Waals surface area contributed by atoms with Gasteiger partial charge < -0.3 is 19.5 Å². The highest BCUT2D eigenvalue weighted by Gasteiger charge is 2.41. The van der Waals surface area contributed by atoms with Gasteiger partial charge in [0.05, 0.1) is 20.3 Å². The van der Waals surface area contributed by atoms with Gasteiger partial charge in [-0.25, -0.2) is 0 Å². The van der Waals surface area contributed by atoms with Crippen molar-refractivity contribution < 1.29 is 19.4 Å². The van der Waals surface area contributed by atoms with E-state index >= 15 is 0 Å². The molecule has 3 aromatic carbocycles. The number of nitrogens with zero attached hydrogens (tertiary/aromatic N) is 1. The number of ether oxygens (including phenoxy) is 2. The highest BCUT2D eigenvalue weighted by molar-refractivity contribution is 6.05. The number of aryl methyl sites for hydroxylation is 1. The maximum absolute atomic E-state index is 13.2. The van der Waals surface area contributed by atoms with Crippen molar-refractivity contribution >= 4 is 11.5 Å². The molecular formula is C26H25NO4. The van der Waals surface area contributed by atoms with Crippen molar-refractivity contribution in [3.05, 3.63) is 101 Å². The summed E-state index contributed by atoms with van der Waals surface area (Å²) in [6.07, 6.45) is 0. The van der Waals surface area contributed by atoms with Crippen LogP contribution in [0.1, 0.15) is 28.3 Å². The molecular weight excluding hydrogens is 390 g/mol. The van der Waals surface area contributed by atoms with E-state index in [-0.39, 0.29) is 11.7 Å². The molecule has 0 radical (unpaired) electrons. The van der Waals surface area contributed by atoms with Gasteiger partial charge in [-0.1, -0.05) is 54.1 Å². The first-order valence-corrected chi connectivity index (χ1v) is 10.1. The van der Waals surface area contributed by atoms with Crippen LogP contribution in [-0.4, -0.2) is 30.1 Å². The van der Waals surface area contributed by atoms with Crippen LogP contribution >= 0.6 is 0 Å². The highest BCUT2D eigenvalue weighted by Crippen LogP contribution is 2.44. The number of carbonyl (C=O) groups is 1. The van der Waals surface area contributed by atoms with E-state index in [0.717, 1.165) is 28.0 Å². The van der Waals surface area contributed by atoms with E-state index in [1.165, 1.54) is 0 Å². The molecule has 5 nitrogen and oxygen atoms in total. The Kier molecular flexibility index (Phi) is 5.67. The molecule has 1 N–H and O–H groups in total. The molecule has 0 bridgehead atoms. The van der Waals surface area contributed by atoms with Crippen LogP contribution < -0.4 is 9.47 Å². The summed E-state index contributed by atoms with van der Waals surface area (Å²) in [7, 11) is 3.22. The van der Waals surface area contributed by atoms with Crippen molar-refractivity contribution in [2.75, 3.05) is 14.2 Å². The van der Waals surface area contributed by atoms with Gasteiger partial charge in [-0.15, -0.1) is 0 Å². The zero-order chi connectivity index (χ0) is 22.0. The van der Waals surface area contributed by atoms with Crippen molar-refractivity contribution in [2.45, 2.75) is 19.5 Å². The standard InChI is InChI=1S/C26H25NO4/c1-17-7-9-20(10-8-17)24-23(19-11-13-21(30-2)14-12-19)25(28)26(29)27(24)16-18-5-4-6-22(15-18)31-3/h4-15,24,28H,16H2,1-3H3/t24-/m0/s1. The van der Waals surface area contributed by atoms with Crippen molar-refractivity contribution in [3.8, 4) is 11.5 Å². The minimum absolute atomic E-state index is 0.223. The Labute approximate surface area is 182 Å². The predicted molar refractivity (Wildman–Crippen MR) is 120 cm³/mol. The summed E-state index contributed by atoms with van der Waals surface area (Å²) in [6, 6.07) is 22.7. The first-order chi connectivity index (χ1) is 15.0. The van der Waals surface area contributed by atoms with Crippen LogP contribution in [-0.2, 0) is 11.3 Å². The molecule has 0 unspecified atom stereocenters. The number of amides is 1. The third-order valence-electron chi connectivity index (χ3n) is 5.58. The second-order valence-electron chi connectivity index (χ2n) is 7.59. The zero-order valence-electron chi connectivity index (χ0n) is 17.8. The Hall–Kier alpha value is -3.73. The monoisotopic (exact) mass is 415 g/mol. The lowest BCUT2D eigenvalue weighted by Crippen LogP contribution is -2.29. The number of hydrogen-bond acceptors (Lipinski definition) is 4. The molecule has 158 valence electrons. The fourth-order valence-electron chi connectivity index (χ4n) is 3.94. The van der Waals surface area contributed by atoms with E-state index < -0.39 is 6.04 Å². The molecule has 1 aliphatic rings.